The van der Waals surface area contributed by atoms with E-state index in [2.05, 4.69) is 17.1 Å². The summed E-state index contributed by atoms with van der Waals surface area (Å²) in [6, 6.07) is 8.23. The van der Waals surface area contributed by atoms with Crippen LogP contribution < -0.4 is 0 Å². The van der Waals surface area contributed by atoms with Crippen molar-refractivity contribution >= 4 is 28.4 Å². The van der Waals surface area contributed by atoms with E-state index >= 15 is 0 Å². The van der Waals surface area contributed by atoms with Crippen LogP contribution in [0.2, 0.25) is 0 Å². The second kappa shape index (κ2) is 4.65. The lowest BCUT2D eigenvalue weighted by atomic mass is 10.1. The van der Waals surface area contributed by atoms with Crippen molar-refractivity contribution in [2.75, 3.05) is 13.1 Å². The zero-order valence-electron chi connectivity index (χ0n) is 10.0. The van der Waals surface area contributed by atoms with Crippen molar-refractivity contribution in [1.29, 1.82) is 0 Å². The van der Waals surface area contributed by atoms with Crippen LogP contribution in [0.4, 0.5) is 0 Å². The number of amides is 1. The van der Waals surface area contributed by atoms with E-state index in [1.165, 1.54) is 10.9 Å². The fourth-order valence-corrected chi connectivity index (χ4v) is 2.83. The second-order valence-electron chi connectivity index (χ2n) is 4.75. The average molecular weight is 263 g/mol. The minimum Gasteiger partial charge on any atom is -0.361 e. The SMILES string of the molecule is O=C1CC(Cl)CN1CCc1c[nH]c2ccccc12. The molecule has 3 rings (SSSR count). The molecule has 4 heteroatoms. The number of para-hydroxylation sites is 1. The molecule has 1 fully saturated rings. The predicted molar refractivity (Wildman–Crippen MR) is 72.8 cm³/mol. The largest absolute Gasteiger partial charge is 0.361 e. The summed E-state index contributed by atoms with van der Waals surface area (Å²) in [5.41, 5.74) is 2.41. The summed E-state index contributed by atoms with van der Waals surface area (Å²) in [4.78, 5) is 16.8. The quantitative estimate of drug-likeness (QED) is 0.848. The summed E-state index contributed by atoms with van der Waals surface area (Å²) in [7, 11) is 0. The second-order valence-corrected chi connectivity index (χ2v) is 5.37. The van der Waals surface area contributed by atoms with E-state index < -0.39 is 0 Å². The van der Waals surface area contributed by atoms with E-state index in [-0.39, 0.29) is 11.3 Å². The highest BCUT2D eigenvalue weighted by atomic mass is 35.5. The first-order valence-electron chi connectivity index (χ1n) is 6.21. The van der Waals surface area contributed by atoms with Crippen molar-refractivity contribution in [2.45, 2.75) is 18.2 Å². The van der Waals surface area contributed by atoms with Crippen LogP contribution in [0.3, 0.4) is 0 Å². The van der Waals surface area contributed by atoms with Crippen molar-refractivity contribution in [3.63, 3.8) is 0 Å². The molecule has 0 saturated carbocycles. The van der Waals surface area contributed by atoms with Gasteiger partial charge in [-0.3, -0.25) is 4.79 Å². The number of hydrogen-bond acceptors (Lipinski definition) is 1. The summed E-state index contributed by atoms with van der Waals surface area (Å²) < 4.78 is 0. The van der Waals surface area contributed by atoms with Gasteiger partial charge in [-0.05, 0) is 18.1 Å². The maximum Gasteiger partial charge on any atom is 0.224 e. The Bertz CT molecular complexity index is 578. The summed E-state index contributed by atoms with van der Waals surface area (Å²) in [6.07, 6.45) is 3.39. The van der Waals surface area contributed by atoms with Crippen molar-refractivity contribution in [1.82, 2.24) is 9.88 Å². The van der Waals surface area contributed by atoms with Gasteiger partial charge in [-0.2, -0.15) is 0 Å². The molecule has 1 atom stereocenters. The highest BCUT2D eigenvalue weighted by Gasteiger charge is 2.27. The third-order valence-corrected chi connectivity index (χ3v) is 3.79. The number of nitrogens with zero attached hydrogens (tertiary/aromatic N) is 1. The number of fused-ring (bicyclic) bond motifs is 1. The Kier molecular flexibility index (Phi) is 3.00. The molecule has 1 N–H and O–H groups in total. The molecule has 3 nitrogen and oxygen atoms in total. The van der Waals surface area contributed by atoms with Gasteiger partial charge < -0.3 is 9.88 Å². The number of rotatable bonds is 3. The molecule has 94 valence electrons. The highest BCUT2D eigenvalue weighted by Crippen LogP contribution is 2.20. The molecule has 2 aromatic rings. The standard InChI is InChI=1S/C14H15ClN2O/c15-11-7-14(18)17(9-11)6-5-10-8-16-13-4-2-1-3-12(10)13/h1-4,8,11,16H,5-7,9H2. The van der Waals surface area contributed by atoms with Gasteiger partial charge in [-0.15, -0.1) is 11.6 Å². The van der Waals surface area contributed by atoms with Gasteiger partial charge in [0.25, 0.3) is 0 Å². The highest BCUT2D eigenvalue weighted by molar-refractivity contribution is 6.22. The van der Waals surface area contributed by atoms with Crippen molar-refractivity contribution < 1.29 is 4.79 Å². The molecule has 1 aromatic heterocycles. The third kappa shape index (κ3) is 2.10. The Hall–Kier alpha value is -1.48. The molecule has 1 saturated heterocycles. The average Bonchev–Trinajstić information content (AvgIpc) is 2.90. The number of hydrogen-bond donors (Lipinski definition) is 1. The normalized spacial score (nSPS) is 19.9. The van der Waals surface area contributed by atoms with Crippen LogP contribution in [-0.4, -0.2) is 34.3 Å². The van der Waals surface area contributed by atoms with Gasteiger partial charge in [0.2, 0.25) is 5.91 Å². The smallest absolute Gasteiger partial charge is 0.224 e. The Balaban J connectivity index is 1.72. The van der Waals surface area contributed by atoms with Crippen LogP contribution in [0.1, 0.15) is 12.0 Å². The van der Waals surface area contributed by atoms with Gasteiger partial charge in [-0.25, -0.2) is 0 Å². The van der Waals surface area contributed by atoms with Crippen molar-refractivity contribution in [2.24, 2.45) is 0 Å². The third-order valence-electron chi connectivity index (χ3n) is 3.49. The number of likely N-dealkylation sites (tertiary alicyclic amines) is 1. The number of carbonyl (C=O) groups excluding carboxylic acids is 1. The zero-order valence-corrected chi connectivity index (χ0v) is 10.8. The lowest BCUT2D eigenvalue weighted by molar-refractivity contribution is -0.127. The summed E-state index contributed by atoms with van der Waals surface area (Å²) in [6.45, 7) is 1.44. The van der Waals surface area contributed by atoms with Gasteiger partial charge in [-0.1, -0.05) is 18.2 Å². The fraction of sp³-hybridized carbons (Fsp3) is 0.357. The molecule has 1 aromatic carbocycles. The van der Waals surface area contributed by atoms with Gasteiger partial charge in [0.15, 0.2) is 0 Å². The lowest BCUT2D eigenvalue weighted by Gasteiger charge is -2.15. The number of nitrogens with one attached hydrogen (secondary N) is 1. The van der Waals surface area contributed by atoms with Crippen LogP contribution in [-0.2, 0) is 11.2 Å². The van der Waals surface area contributed by atoms with E-state index in [4.69, 9.17) is 11.6 Å². The number of carbonyl (C=O) groups is 1. The first kappa shape index (κ1) is 11.6. The predicted octanol–water partition coefficient (Wildman–Crippen LogP) is 2.55. The van der Waals surface area contributed by atoms with Crippen LogP contribution in [0, 0.1) is 0 Å². The minimum atomic E-state index is -0.0135. The van der Waals surface area contributed by atoms with Crippen molar-refractivity contribution in [3.8, 4) is 0 Å². The molecule has 0 spiro atoms. The van der Waals surface area contributed by atoms with Crippen LogP contribution in [0.25, 0.3) is 10.9 Å². The Labute approximate surface area is 111 Å². The van der Waals surface area contributed by atoms with E-state index in [1.54, 1.807) is 0 Å². The molecule has 1 unspecified atom stereocenters. The van der Waals surface area contributed by atoms with Crippen LogP contribution in [0.5, 0.6) is 0 Å². The number of H-pyrrole nitrogens is 1. The number of alkyl halides is 1. The molecule has 1 aliphatic rings. The molecule has 18 heavy (non-hydrogen) atoms. The van der Waals surface area contributed by atoms with E-state index in [9.17, 15) is 4.79 Å². The summed E-state index contributed by atoms with van der Waals surface area (Å²) in [5.74, 6) is 0.176. The first-order chi connectivity index (χ1) is 8.74. The molecule has 0 radical (unpaired) electrons. The Morgan fingerprint density at radius 3 is 3.00 bits per heavy atom. The zero-order chi connectivity index (χ0) is 12.5. The van der Waals surface area contributed by atoms with Gasteiger partial charge in [0.1, 0.15) is 0 Å². The summed E-state index contributed by atoms with van der Waals surface area (Å²) in [5, 5.41) is 1.23. The molecular formula is C14H15ClN2O. The van der Waals surface area contributed by atoms with E-state index in [1.807, 2.05) is 23.2 Å². The van der Waals surface area contributed by atoms with Crippen LogP contribution in [0.15, 0.2) is 30.5 Å². The van der Waals surface area contributed by atoms with Gasteiger partial charge >= 0.3 is 0 Å². The van der Waals surface area contributed by atoms with Gasteiger partial charge in [0.05, 0.1) is 5.38 Å². The fourth-order valence-electron chi connectivity index (χ4n) is 2.53. The maximum atomic E-state index is 11.6. The first-order valence-corrected chi connectivity index (χ1v) is 6.64. The Morgan fingerprint density at radius 1 is 1.39 bits per heavy atom. The lowest BCUT2D eigenvalue weighted by Crippen LogP contribution is -2.27. The molecule has 1 amide bonds. The number of aromatic nitrogens is 1. The summed E-state index contributed by atoms with van der Waals surface area (Å²) >= 11 is 5.99. The number of halogens is 1. The maximum absolute atomic E-state index is 11.6. The topological polar surface area (TPSA) is 36.1 Å². The Morgan fingerprint density at radius 2 is 2.22 bits per heavy atom. The monoisotopic (exact) mass is 262 g/mol. The number of benzene rings is 1. The van der Waals surface area contributed by atoms with Crippen LogP contribution >= 0.6 is 11.6 Å². The number of aromatic amines is 1. The minimum absolute atomic E-state index is 0.0135. The molecule has 2 heterocycles. The molecule has 1 aliphatic heterocycles. The molecular weight excluding hydrogens is 248 g/mol. The van der Waals surface area contributed by atoms with E-state index in [0.717, 1.165) is 18.5 Å². The van der Waals surface area contributed by atoms with Gasteiger partial charge in [0, 0.05) is 36.6 Å². The van der Waals surface area contributed by atoms with Crippen molar-refractivity contribution in [3.05, 3.63) is 36.0 Å². The van der Waals surface area contributed by atoms with E-state index in [0.29, 0.717) is 13.0 Å². The molecule has 0 aliphatic carbocycles. The molecule has 0 bridgehead atoms.